The van der Waals surface area contributed by atoms with Gasteiger partial charge in [0.15, 0.2) is 6.10 Å². The first-order valence-electron chi connectivity index (χ1n) is 5.45. The van der Waals surface area contributed by atoms with E-state index in [1.807, 2.05) is 5.32 Å². The Labute approximate surface area is 105 Å². The highest BCUT2D eigenvalue weighted by atomic mass is 16.5. The van der Waals surface area contributed by atoms with Crippen molar-refractivity contribution in [3.63, 3.8) is 0 Å². The summed E-state index contributed by atoms with van der Waals surface area (Å²) in [7, 11) is 0. The van der Waals surface area contributed by atoms with Gasteiger partial charge in [0.2, 0.25) is 0 Å². The molecule has 0 bridgehead atoms. The molecule has 0 heterocycles. The van der Waals surface area contributed by atoms with E-state index >= 15 is 0 Å². The zero-order chi connectivity index (χ0) is 13.7. The molecule has 0 saturated heterocycles. The van der Waals surface area contributed by atoms with Gasteiger partial charge in [-0.2, -0.15) is 0 Å². The lowest BCUT2D eigenvalue weighted by Gasteiger charge is -2.17. The molecule has 0 aliphatic carbocycles. The SMILES string of the molecule is CC(Oc1ccccc1C(C)O)C(=O)NC(N)=O. The first-order chi connectivity index (χ1) is 8.41. The number of imide groups is 1. The molecule has 6 heteroatoms. The fraction of sp³-hybridized carbons (Fsp3) is 0.333. The number of nitrogens with one attached hydrogen (secondary N) is 1. The molecule has 0 spiro atoms. The van der Waals surface area contributed by atoms with E-state index in [-0.39, 0.29) is 0 Å². The highest BCUT2D eigenvalue weighted by Gasteiger charge is 2.18. The number of carbonyl (C=O) groups excluding carboxylic acids is 2. The Morgan fingerprint density at radius 2 is 1.94 bits per heavy atom. The fourth-order valence-electron chi connectivity index (χ4n) is 1.40. The van der Waals surface area contributed by atoms with E-state index in [4.69, 9.17) is 10.5 Å². The summed E-state index contributed by atoms with van der Waals surface area (Å²) >= 11 is 0. The third-order valence-corrected chi connectivity index (χ3v) is 2.29. The van der Waals surface area contributed by atoms with Crippen LogP contribution in [0.3, 0.4) is 0 Å². The molecule has 0 aliphatic rings. The van der Waals surface area contributed by atoms with Crippen LogP contribution < -0.4 is 15.8 Å². The van der Waals surface area contributed by atoms with E-state index in [2.05, 4.69) is 0 Å². The largest absolute Gasteiger partial charge is 0.481 e. The van der Waals surface area contributed by atoms with Crippen LogP contribution in [0.5, 0.6) is 5.75 Å². The number of hydrogen-bond donors (Lipinski definition) is 3. The van der Waals surface area contributed by atoms with E-state index in [1.165, 1.54) is 6.92 Å². The second kappa shape index (κ2) is 6.02. The summed E-state index contributed by atoms with van der Waals surface area (Å²) in [5.41, 5.74) is 5.40. The van der Waals surface area contributed by atoms with E-state index in [0.717, 1.165) is 0 Å². The number of benzene rings is 1. The van der Waals surface area contributed by atoms with Crippen molar-refractivity contribution >= 4 is 11.9 Å². The Bertz CT molecular complexity index is 445. The number of amides is 3. The van der Waals surface area contributed by atoms with Crippen LogP contribution in [-0.2, 0) is 4.79 Å². The summed E-state index contributed by atoms with van der Waals surface area (Å²) in [5.74, 6) is -0.248. The first-order valence-corrected chi connectivity index (χ1v) is 5.45. The topological polar surface area (TPSA) is 102 Å². The second-order valence-electron chi connectivity index (χ2n) is 3.83. The molecule has 0 saturated carbocycles. The lowest BCUT2D eigenvalue weighted by atomic mass is 10.1. The van der Waals surface area contributed by atoms with Crippen molar-refractivity contribution < 1.29 is 19.4 Å². The third-order valence-electron chi connectivity index (χ3n) is 2.29. The van der Waals surface area contributed by atoms with Crippen LogP contribution in [0.25, 0.3) is 0 Å². The molecule has 1 aromatic carbocycles. The number of urea groups is 1. The number of rotatable bonds is 4. The van der Waals surface area contributed by atoms with Gasteiger partial charge >= 0.3 is 6.03 Å². The van der Waals surface area contributed by atoms with E-state index in [0.29, 0.717) is 11.3 Å². The van der Waals surface area contributed by atoms with Crippen LogP contribution in [0, 0.1) is 0 Å². The summed E-state index contributed by atoms with van der Waals surface area (Å²) in [6.07, 6.45) is -1.61. The van der Waals surface area contributed by atoms with Crippen LogP contribution in [0.2, 0.25) is 0 Å². The predicted octanol–water partition coefficient (Wildman–Crippen LogP) is 0.702. The molecule has 0 aliphatic heterocycles. The van der Waals surface area contributed by atoms with Crippen LogP contribution in [-0.4, -0.2) is 23.1 Å². The number of carbonyl (C=O) groups is 2. The molecule has 18 heavy (non-hydrogen) atoms. The molecule has 1 aromatic rings. The molecule has 2 unspecified atom stereocenters. The van der Waals surface area contributed by atoms with Gasteiger partial charge in [0.25, 0.3) is 5.91 Å². The zero-order valence-electron chi connectivity index (χ0n) is 10.2. The third kappa shape index (κ3) is 3.74. The molecule has 0 aromatic heterocycles. The molecular weight excluding hydrogens is 236 g/mol. The first kappa shape index (κ1) is 14.0. The van der Waals surface area contributed by atoms with Crippen molar-refractivity contribution in [3.8, 4) is 5.75 Å². The van der Waals surface area contributed by atoms with E-state index < -0.39 is 24.1 Å². The van der Waals surface area contributed by atoms with Crippen LogP contribution in [0.1, 0.15) is 25.5 Å². The van der Waals surface area contributed by atoms with Crippen molar-refractivity contribution in [2.24, 2.45) is 5.73 Å². The number of hydrogen-bond acceptors (Lipinski definition) is 4. The van der Waals surface area contributed by atoms with Crippen LogP contribution in [0.4, 0.5) is 4.79 Å². The molecule has 1 rings (SSSR count). The van der Waals surface area contributed by atoms with Crippen molar-refractivity contribution in [2.75, 3.05) is 0 Å². The van der Waals surface area contributed by atoms with Gasteiger partial charge in [0, 0.05) is 5.56 Å². The minimum atomic E-state index is -0.931. The fourth-order valence-corrected chi connectivity index (χ4v) is 1.40. The second-order valence-corrected chi connectivity index (χ2v) is 3.83. The molecule has 6 nitrogen and oxygen atoms in total. The highest BCUT2D eigenvalue weighted by Crippen LogP contribution is 2.25. The molecule has 0 fully saturated rings. The maximum atomic E-state index is 11.4. The average Bonchev–Trinajstić information content (AvgIpc) is 2.28. The Morgan fingerprint density at radius 3 is 2.50 bits per heavy atom. The quantitative estimate of drug-likeness (QED) is 0.734. The van der Waals surface area contributed by atoms with Crippen LogP contribution >= 0.6 is 0 Å². The van der Waals surface area contributed by atoms with E-state index in [9.17, 15) is 14.7 Å². The standard InChI is InChI=1S/C12H16N2O4/c1-7(15)9-5-3-4-6-10(9)18-8(2)11(16)14-12(13)17/h3-8,15H,1-2H3,(H3,13,14,16,17). The Kier molecular flexibility index (Phi) is 4.67. The van der Waals surface area contributed by atoms with Crippen molar-refractivity contribution in [3.05, 3.63) is 29.8 Å². The summed E-state index contributed by atoms with van der Waals surface area (Å²) in [5, 5.41) is 11.5. The number of ether oxygens (including phenoxy) is 1. The molecule has 3 amide bonds. The van der Waals surface area contributed by atoms with E-state index in [1.54, 1.807) is 31.2 Å². The van der Waals surface area contributed by atoms with Crippen LogP contribution in [0.15, 0.2) is 24.3 Å². The highest BCUT2D eigenvalue weighted by molar-refractivity contribution is 5.95. The van der Waals surface area contributed by atoms with Gasteiger partial charge in [0.05, 0.1) is 6.10 Å². The number of primary amides is 1. The van der Waals surface area contributed by atoms with Gasteiger partial charge in [-0.15, -0.1) is 0 Å². The monoisotopic (exact) mass is 252 g/mol. The van der Waals surface area contributed by atoms with Gasteiger partial charge < -0.3 is 15.6 Å². The Balaban J connectivity index is 2.78. The van der Waals surface area contributed by atoms with Gasteiger partial charge in [-0.25, -0.2) is 4.79 Å². The number of para-hydroxylation sites is 1. The average molecular weight is 252 g/mol. The lowest BCUT2D eigenvalue weighted by molar-refractivity contribution is -0.126. The number of aliphatic hydroxyl groups excluding tert-OH is 1. The summed E-state index contributed by atoms with van der Waals surface area (Å²) < 4.78 is 5.39. The Hall–Kier alpha value is -2.08. The molecule has 98 valence electrons. The molecular formula is C12H16N2O4. The smallest absolute Gasteiger partial charge is 0.318 e. The van der Waals surface area contributed by atoms with Crippen molar-refractivity contribution in [1.82, 2.24) is 5.32 Å². The summed E-state index contributed by atoms with van der Waals surface area (Å²) in [6.45, 7) is 3.08. The van der Waals surface area contributed by atoms with Gasteiger partial charge in [0.1, 0.15) is 5.75 Å². The maximum absolute atomic E-state index is 11.4. The lowest BCUT2D eigenvalue weighted by Crippen LogP contribution is -2.42. The Morgan fingerprint density at radius 1 is 1.33 bits per heavy atom. The minimum Gasteiger partial charge on any atom is -0.481 e. The van der Waals surface area contributed by atoms with Gasteiger partial charge in [-0.05, 0) is 19.9 Å². The van der Waals surface area contributed by atoms with Gasteiger partial charge in [-0.1, -0.05) is 18.2 Å². The number of aliphatic hydroxyl groups is 1. The molecule has 4 N–H and O–H groups in total. The minimum absolute atomic E-state index is 0.389. The maximum Gasteiger partial charge on any atom is 0.318 e. The van der Waals surface area contributed by atoms with Crippen molar-refractivity contribution in [2.45, 2.75) is 26.1 Å². The zero-order valence-corrected chi connectivity index (χ0v) is 10.2. The number of nitrogens with two attached hydrogens (primary N) is 1. The predicted molar refractivity (Wildman–Crippen MR) is 64.9 cm³/mol. The summed E-state index contributed by atoms with van der Waals surface area (Å²) in [4.78, 5) is 22.0. The summed E-state index contributed by atoms with van der Waals surface area (Å²) in [6, 6.07) is 5.87. The normalized spacial score (nSPS) is 13.5. The molecule has 0 radical (unpaired) electrons. The van der Waals surface area contributed by atoms with Gasteiger partial charge in [-0.3, -0.25) is 10.1 Å². The van der Waals surface area contributed by atoms with Crippen molar-refractivity contribution in [1.29, 1.82) is 0 Å². The molecule has 2 atom stereocenters.